The van der Waals surface area contributed by atoms with Crippen molar-refractivity contribution >= 4 is 11.7 Å². The smallest absolute Gasteiger partial charge is 0.345 e. The number of ether oxygens (including phenoxy) is 4. The number of nitrogens with zero attached hydrogens (tertiary/aromatic N) is 3. The van der Waals surface area contributed by atoms with Crippen molar-refractivity contribution in [3.63, 3.8) is 0 Å². The van der Waals surface area contributed by atoms with Crippen molar-refractivity contribution in [2.75, 3.05) is 20.3 Å². The van der Waals surface area contributed by atoms with E-state index in [4.69, 9.17) is 23.5 Å². The SMILES string of the molecule is CCOc1cc(C(=O)OCc2nc(-c3ccccc3OCC)no2)c([N+](=O)[O-])cc1OC. The molecule has 1 aromatic heterocycles. The van der Waals surface area contributed by atoms with Crippen molar-refractivity contribution < 1.29 is 33.2 Å². The second-order valence-electron chi connectivity index (χ2n) is 6.23. The molecule has 0 saturated heterocycles. The van der Waals surface area contributed by atoms with Gasteiger partial charge in [0, 0.05) is 6.07 Å². The van der Waals surface area contributed by atoms with Crippen LogP contribution >= 0.6 is 0 Å². The molecule has 3 aromatic rings. The largest absolute Gasteiger partial charge is 0.493 e. The maximum atomic E-state index is 12.6. The second kappa shape index (κ2) is 10.2. The van der Waals surface area contributed by atoms with Crippen molar-refractivity contribution in [1.29, 1.82) is 0 Å². The van der Waals surface area contributed by atoms with E-state index in [1.807, 2.05) is 13.0 Å². The van der Waals surface area contributed by atoms with Gasteiger partial charge >= 0.3 is 5.97 Å². The molecule has 0 N–H and O–H groups in total. The first-order valence-electron chi connectivity index (χ1n) is 9.69. The number of nitro benzene ring substituents is 1. The zero-order chi connectivity index (χ0) is 23.1. The van der Waals surface area contributed by atoms with Gasteiger partial charge in [-0.25, -0.2) is 4.79 Å². The number of hydrogen-bond donors (Lipinski definition) is 0. The van der Waals surface area contributed by atoms with Crippen LogP contribution in [0.5, 0.6) is 17.2 Å². The van der Waals surface area contributed by atoms with E-state index in [0.29, 0.717) is 17.9 Å². The van der Waals surface area contributed by atoms with Gasteiger partial charge < -0.3 is 23.5 Å². The van der Waals surface area contributed by atoms with Crippen molar-refractivity contribution in [2.24, 2.45) is 0 Å². The van der Waals surface area contributed by atoms with Crippen LogP contribution in [0.2, 0.25) is 0 Å². The normalized spacial score (nSPS) is 10.5. The Morgan fingerprint density at radius 2 is 1.81 bits per heavy atom. The molecule has 0 aliphatic carbocycles. The van der Waals surface area contributed by atoms with Crippen LogP contribution in [0.1, 0.15) is 30.1 Å². The summed E-state index contributed by atoms with van der Waals surface area (Å²) >= 11 is 0. The fourth-order valence-corrected chi connectivity index (χ4v) is 2.85. The standard InChI is InChI=1S/C21H21N3O8/c1-4-29-16-9-7-6-8-13(16)20-22-19(32-23-20)12-31-21(25)14-10-18(30-5-2)17(28-3)11-15(14)24(26)27/h6-11H,4-5,12H2,1-3H3. The zero-order valence-electron chi connectivity index (χ0n) is 17.7. The van der Waals surface area contributed by atoms with Gasteiger partial charge in [0.05, 0.1) is 36.9 Å². The maximum Gasteiger partial charge on any atom is 0.345 e. The summed E-state index contributed by atoms with van der Waals surface area (Å²) in [5.74, 6) is 0.214. The molecule has 168 valence electrons. The lowest BCUT2D eigenvalue weighted by Crippen LogP contribution is -2.10. The van der Waals surface area contributed by atoms with Crippen LogP contribution in [0.25, 0.3) is 11.4 Å². The molecule has 0 fully saturated rings. The van der Waals surface area contributed by atoms with E-state index in [9.17, 15) is 14.9 Å². The molecule has 0 bridgehead atoms. The van der Waals surface area contributed by atoms with E-state index in [-0.39, 0.29) is 42.0 Å². The zero-order valence-corrected chi connectivity index (χ0v) is 17.7. The number of rotatable bonds is 10. The monoisotopic (exact) mass is 443 g/mol. The van der Waals surface area contributed by atoms with Gasteiger partial charge in [-0.1, -0.05) is 17.3 Å². The minimum Gasteiger partial charge on any atom is -0.493 e. The molecule has 0 amide bonds. The van der Waals surface area contributed by atoms with E-state index in [0.717, 1.165) is 6.07 Å². The van der Waals surface area contributed by atoms with Crippen molar-refractivity contribution in [1.82, 2.24) is 10.1 Å². The van der Waals surface area contributed by atoms with Gasteiger partial charge in [0.1, 0.15) is 11.3 Å². The first-order chi connectivity index (χ1) is 15.5. The number of aromatic nitrogens is 2. The maximum absolute atomic E-state index is 12.6. The number of carbonyl (C=O) groups excluding carboxylic acids is 1. The van der Waals surface area contributed by atoms with E-state index >= 15 is 0 Å². The molecular formula is C21H21N3O8. The topological polar surface area (TPSA) is 136 Å². The summed E-state index contributed by atoms with van der Waals surface area (Å²) < 4.78 is 26.4. The summed E-state index contributed by atoms with van der Waals surface area (Å²) in [7, 11) is 1.34. The minimum atomic E-state index is -0.949. The highest BCUT2D eigenvalue weighted by atomic mass is 16.6. The molecule has 32 heavy (non-hydrogen) atoms. The first-order valence-corrected chi connectivity index (χ1v) is 9.69. The molecule has 0 unspecified atom stereocenters. The Morgan fingerprint density at radius 3 is 2.50 bits per heavy atom. The van der Waals surface area contributed by atoms with Crippen LogP contribution in [0.3, 0.4) is 0 Å². The van der Waals surface area contributed by atoms with Crippen molar-refractivity contribution in [3.05, 3.63) is 58.0 Å². The Balaban J connectivity index is 1.79. The quantitative estimate of drug-likeness (QED) is 0.258. The van der Waals surface area contributed by atoms with Crippen molar-refractivity contribution in [2.45, 2.75) is 20.5 Å². The third kappa shape index (κ3) is 4.94. The molecule has 2 aromatic carbocycles. The predicted molar refractivity (Wildman–Crippen MR) is 111 cm³/mol. The van der Waals surface area contributed by atoms with Crippen LogP contribution in [0.15, 0.2) is 40.9 Å². The van der Waals surface area contributed by atoms with Crippen LogP contribution in [-0.4, -0.2) is 41.4 Å². The fourth-order valence-electron chi connectivity index (χ4n) is 2.85. The number of hydrogen-bond acceptors (Lipinski definition) is 10. The third-order valence-corrected chi connectivity index (χ3v) is 4.22. The lowest BCUT2D eigenvalue weighted by molar-refractivity contribution is -0.385. The number of methoxy groups -OCH3 is 1. The molecule has 0 saturated carbocycles. The summed E-state index contributed by atoms with van der Waals surface area (Å²) in [4.78, 5) is 27.5. The molecular weight excluding hydrogens is 422 g/mol. The van der Waals surface area contributed by atoms with E-state index in [1.54, 1.807) is 25.1 Å². The molecule has 0 atom stereocenters. The number of para-hydroxylation sites is 1. The number of carbonyl (C=O) groups is 1. The van der Waals surface area contributed by atoms with Gasteiger partial charge in [0.15, 0.2) is 18.1 Å². The van der Waals surface area contributed by atoms with Crippen molar-refractivity contribution in [3.8, 4) is 28.6 Å². The summed E-state index contributed by atoms with van der Waals surface area (Å²) in [5.41, 5.74) is -0.157. The molecule has 0 spiro atoms. The highest BCUT2D eigenvalue weighted by Gasteiger charge is 2.26. The molecule has 0 aliphatic rings. The Morgan fingerprint density at radius 1 is 1.09 bits per heavy atom. The molecule has 0 aliphatic heterocycles. The predicted octanol–water partition coefficient (Wildman–Crippen LogP) is 3.81. The summed E-state index contributed by atoms with van der Waals surface area (Å²) in [6.07, 6.45) is 0. The Hall–Kier alpha value is -4.15. The van der Waals surface area contributed by atoms with E-state index in [2.05, 4.69) is 10.1 Å². The molecule has 11 nitrogen and oxygen atoms in total. The average molecular weight is 443 g/mol. The summed E-state index contributed by atoms with van der Waals surface area (Å²) in [5, 5.41) is 15.3. The first kappa shape index (κ1) is 22.5. The average Bonchev–Trinajstić information content (AvgIpc) is 3.26. The summed E-state index contributed by atoms with van der Waals surface area (Å²) in [6, 6.07) is 9.47. The second-order valence-corrected chi connectivity index (χ2v) is 6.23. The molecule has 11 heteroatoms. The van der Waals surface area contributed by atoms with Crippen LogP contribution in [-0.2, 0) is 11.3 Å². The minimum absolute atomic E-state index is 0.0147. The van der Waals surface area contributed by atoms with Crippen LogP contribution in [0, 0.1) is 10.1 Å². The van der Waals surface area contributed by atoms with Gasteiger partial charge in [-0.15, -0.1) is 0 Å². The number of benzene rings is 2. The number of nitro groups is 1. The van der Waals surface area contributed by atoms with Gasteiger partial charge in [0.2, 0.25) is 5.82 Å². The van der Waals surface area contributed by atoms with E-state index in [1.165, 1.54) is 13.2 Å². The lowest BCUT2D eigenvalue weighted by Gasteiger charge is -2.11. The molecule has 0 radical (unpaired) electrons. The lowest BCUT2D eigenvalue weighted by atomic mass is 10.1. The van der Waals surface area contributed by atoms with Gasteiger partial charge in [-0.3, -0.25) is 10.1 Å². The van der Waals surface area contributed by atoms with Crippen LogP contribution in [0.4, 0.5) is 5.69 Å². The van der Waals surface area contributed by atoms with Gasteiger partial charge in [-0.2, -0.15) is 4.98 Å². The van der Waals surface area contributed by atoms with E-state index < -0.39 is 16.6 Å². The Bertz CT molecular complexity index is 1110. The third-order valence-electron chi connectivity index (χ3n) is 4.22. The Kier molecular flexibility index (Phi) is 7.21. The van der Waals surface area contributed by atoms with Crippen LogP contribution < -0.4 is 14.2 Å². The summed E-state index contributed by atoms with van der Waals surface area (Å²) in [6.45, 7) is 3.94. The highest BCUT2D eigenvalue weighted by molar-refractivity contribution is 5.95. The molecule has 1 heterocycles. The highest BCUT2D eigenvalue weighted by Crippen LogP contribution is 2.35. The van der Waals surface area contributed by atoms with Gasteiger partial charge in [0.25, 0.3) is 11.6 Å². The molecule has 3 rings (SSSR count). The fraction of sp³-hybridized carbons (Fsp3) is 0.286. The Labute approximate surface area is 183 Å². The van der Waals surface area contributed by atoms with Gasteiger partial charge in [-0.05, 0) is 26.0 Å². The number of esters is 1.